The van der Waals surface area contributed by atoms with Crippen LogP contribution in [-0.4, -0.2) is 86.3 Å². The molecular formula is C20H33FIN5O3. The first kappa shape index (κ1) is 26.5. The summed E-state index contributed by atoms with van der Waals surface area (Å²) in [6.45, 7) is 7.31. The average Bonchev–Trinajstić information content (AvgIpc) is 2.73. The van der Waals surface area contributed by atoms with Crippen LogP contribution in [0.1, 0.15) is 18.1 Å². The lowest BCUT2D eigenvalue weighted by Crippen LogP contribution is -2.54. The fourth-order valence-corrected chi connectivity index (χ4v) is 3.11. The first-order valence-corrected chi connectivity index (χ1v) is 9.96. The lowest BCUT2D eigenvalue weighted by molar-refractivity contribution is -0.122. The van der Waals surface area contributed by atoms with Gasteiger partial charge in [-0.15, -0.1) is 24.0 Å². The Kier molecular flexibility index (Phi) is 12.8. The Hall–Kier alpha value is -1.50. The van der Waals surface area contributed by atoms with Crippen LogP contribution in [0.3, 0.4) is 0 Å². The molecule has 10 heteroatoms. The lowest BCUT2D eigenvalue weighted by atomic mass is 10.1. The number of guanidine groups is 1. The molecule has 1 amide bonds. The number of nitrogens with zero attached hydrogens (tertiary/aromatic N) is 3. The highest BCUT2D eigenvalue weighted by Gasteiger charge is 2.21. The number of carbonyl (C=O) groups is 1. The minimum absolute atomic E-state index is 0. The van der Waals surface area contributed by atoms with E-state index in [1.165, 1.54) is 6.07 Å². The predicted molar refractivity (Wildman–Crippen MR) is 125 cm³/mol. The second kappa shape index (κ2) is 14.5. The van der Waals surface area contributed by atoms with Crippen molar-refractivity contribution >= 4 is 35.8 Å². The molecule has 0 saturated carbocycles. The van der Waals surface area contributed by atoms with Gasteiger partial charge in [0, 0.05) is 51.9 Å². The molecule has 1 aliphatic rings. The van der Waals surface area contributed by atoms with Gasteiger partial charge in [0.25, 0.3) is 0 Å². The molecule has 1 aliphatic heterocycles. The number of hydrogen-bond acceptors (Lipinski definition) is 5. The molecule has 0 spiro atoms. The second-order valence-corrected chi connectivity index (χ2v) is 6.86. The number of ether oxygens (including phenoxy) is 1. The van der Waals surface area contributed by atoms with E-state index in [2.05, 4.69) is 25.4 Å². The summed E-state index contributed by atoms with van der Waals surface area (Å²) in [7, 11) is 1.61. The van der Waals surface area contributed by atoms with Gasteiger partial charge < -0.3 is 25.4 Å². The summed E-state index contributed by atoms with van der Waals surface area (Å²) < 4.78 is 18.5. The van der Waals surface area contributed by atoms with Gasteiger partial charge in [-0.3, -0.25) is 9.69 Å². The van der Waals surface area contributed by atoms with Crippen LogP contribution in [0.5, 0.6) is 0 Å². The molecular weight excluding hydrogens is 504 g/mol. The van der Waals surface area contributed by atoms with E-state index in [1.807, 2.05) is 6.92 Å². The number of benzene rings is 1. The fraction of sp³-hybridized carbons (Fsp3) is 0.600. The number of halogens is 2. The Morgan fingerprint density at radius 2 is 2.00 bits per heavy atom. The van der Waals surface area contributed by atoms with E-state index >= 15 is 0 Å². The Bertz CT molecular complexity index is 684. The third kappa shape index (κ3) is 8.70. The maximum atomic E-state index is 13.5. The number of aliphatic hydroxyl groups is 1. The minimum Gasteiger partial charge on any atom is -0.392 e. The van der Waals surface area contributed by atoms with Crippen LogP contribution in [0, 0.1) is 5.82 Å². The standard InChI is InChI=1S/C20H32FN5O3.HI/c1-3-22-20(24-13-16-4-5-18(21)17(12-16)15-27)26-9-7-25(8-10-26)14-19(28)23-6-11-29-2;/h4-5,12,27H,3,6-11,13-15H2,1-2H3,(H,22,24)(H,23,28);1H. The van der Waals surface area contributed by atoms with Crippen molar-refractivity contribution in [3.63, 3.8) is 0 Å². The van der Waals surface area contributed by atoms with Gasteiger partial charge in [-0.05, 0) is 24.6 Å². The van der Waals surface area contributed by atoms with Crippen LogP contribution in [0.4, 0.5) is 4.39 Å². The van der Waals surface area contributed by atoms with Gasteiger partial charge in [0.15, 0.2) is 5.96 Å². The van der Waals surface area contributed by atoms with Gasteiger partial charge in [-0.25, -0.2) is 9.38 Å². The van der Waals surface area contributed by atoms with Crippen LogP contribution in [0.2, 0.25) is 0 Å². The summed E-state index contributed by atoms with van der Waals surface area (Å²) >= 11 is 0. The third-order valence-electron chi connectivity index (χ3n) is 4.69. The monoisotopic (exact) mass is 537 g/mol. The van der Waals surface area contributed by atoms with Gasteiger partial charge >= 0.3 is 0 Å². The molecule has 0 unspecified atom stereocenters. The third-order valence-corrected chi connectivity index (χ3v) is 4.69. The van der Waals surface area contributed by atoms with Crippen LogP contribution in [-0.2, 0) is 22.7 Å². The molecule has 1 saturated heterocycles. The number of rotatable bonds is 9. The average molecular weight is 537 g/mol. The zero-order chi connectivity index (χ0) is 21.1. The zero-order valence-corrected chi connectivity index (χ0v) is 20.0. The van der Waals surface area contributed by atoms with E-state index in [9.17, 15) is 14.3 Å². The molecule has 30 heavy (non-hydrogen) atoms. The zero-order valence-electron chi connectivity index (χ0n) is 17.7. The SMILES string of the molecule is CCNC(=NCc1ccc(F)c(CO)c1)N1CCN(CC(=O)NCCOC)CC1.I. The van der Waals surface area contributed by atoms with Gasteiger partial charge in [0.05, 0.1) is 26.3 Å². The van der Waals surface area contributed by atoms with Crippen molar-refractivity contribution in [3.05, 3.63) is 35.1 Å². The molecule has 0 aliphatic carbocycles. The molecule has 2 rings (SSSR count). The van der Waals surface area contributed by atoms with Crippen molar-refractivity contribution in [3.8, 4) is 0 Å². The number of methoxy groups -OCH3 is 1. The highest BCUT2D eigenvalue weighted by atomic mass is 127. The topological polar surface area (TPSA) is 89.4 Å². The first-order chi connectivity index (χ1) is 14.1. The minimum atomic E-state index is -0.408. The van der Waals surface area contributed by atoms with E-state index in [0.717, 1.165) is 44.2 Å². The number of amides is 1. The molecule has 0 atom stereocenters. The van der Waals surface area contributed by atoms with Crippen molar-refractivity contribution in [1.29, 1.82) is 0 Å². The normalized spacial score (nSPS) is 14.9. The Morgan fingerprint density at radius 3 is 2.63 bits per heavy atom. The maximum Gasteiger partial charge on any atom is 0.234 e. The van der Waals surface area contributed by atoms with Crippen LogP contribution >= 0.6 is 24.0 Å². The summed E-state index contributed by atoms with van der Waals surface area (Å²) in [6.07, 6.45) is 0. The molecule has 3 N–H and O–H groups in total. The van der Waals surface area contributed by atoms with E-state index in [-0.39, 0.29) is 42.1 Å². The molecule has 1 fully saturated rings. The molecule has 0 aromatic heterocycles. The van der Waals surface area contributed by atoms with Gasteiger partial charge in [-0.1, -0.05) is 6.07 Å². The van der Waals surface area contributed by atoms with Crippen molar-refractivity contribution in [1.82, 2.24) is 20.4 Å². The predicted octanol–water partition coefficient (Wildman–Crippen LogP) is 0.782. The van der Waals surface area contributed by atoms with Crippen LogP contribution < -0.4 is 10.6 Å². The van der Waals surface area contributed by atoms with Gasteiger partial charge in [-0.2, -0.15) is 0 Å². The maximum absolute atomic E-state index is 13.5. The van der Waals surface area contributed by atoms with E-state index in [0.29, 0.717) is 26.2 Å². The quantitative estimate of drug-likeness (QED) is 0.187. The van der Waals surface area contributed by atoms with E-state index < -0.39 is 5.82 Å². The summed E-state index contributed by atoms with van der Waals surface area (Å²) in [5, 5.41) is 15.4. The Labute approximate surface area is 194 Å². The number of piperazine rings is 1. The molecule has 1 heterocycles. The number of aliphatic imine (C=N–C) groups is 1. The van der Waals surface area contributed by atoms with Crippen molar-refractivity contribution in [2.45, 2.75) is 20.1 Å². The van der Waals surface area contributed by atoms with Gasteiger partial charge in [0.1, 0.15) is 5.82 Å². The van der Waals surface area contributed by atoms with Crippen molar-refractivity contribution in [2.24, 2.45) is 4.99 Å². The molecule has 170 valence electrons. The second-order valence-electron chi connectivity index (χ2n) is 6.86. The molecule has 1 aromatic carbocycles. The summed E-state index contributed by atoms with van der Waals surface area (Å²) in [5.41, 5.74) is 1.12. The number of carbonyl (C=O) groups excluding carboxylic acids is 1. The van der Waals surface area contributed by atoms with Crippen molar-refractivity contribution < 1.29 is 19.0 Å². The van der Waals surface area contributed by atoms with Crippen LogP contribution in [0.15, 0.2) is 23.2 Å². The number of nitrogens with one attached hydrogen (secondary N) is 2. The summed E-state index contributed by atoms with van der Waals surface area (Å²) in [5.74, 6) is 0.396. The Balaban J connectivity index is 0.00000450. The molecule has 1 aromatic rings. The number of aliphatic hydroxyl groups excluding tert-OH is 1. The van der Waals surface area contributed by atoms with Crippen molar-refractivity contribution in [2.75, 3.05) is 59.5 Å². The highest BCUT2D eigenvalue weighted by molar-refractivity contribution is 14.0. The highest BCUT2D eigenvalue weighted by Crippen LogP contribution is 2.12. The largest absolute Gasteiger partial charge is 0.392 e. The summed E-state index contributed by atoms with van der Waals surface area (Å²) in [6, 6.07) is 4.68. The van der Waals surface area contributed by atoms with Gasteiger partial charge in [0.2, 0.25) is 5.91 Å². The summed E-state index contributed by atoms with van der Waals surface area (Å²) in [4.78, 5) is 20.9. The smallest absolute Gasteiger partial charge is 0.234 e. The number of hydrogen-bond donors (Lipinski definition) is 3. The fourth-order valence-electron chi connectivity index (χ4n) is 3.11. The van der Waals surface area contributed by atoms with Crippen LogP contribution in [0.25, 0.3) is 0 Å². The molecule has 0 bridgehead atoms. The molecule has 8 nitrogen and oxygen atoms in total. The Morgan fingerprint density at radius 1 is 1.27 bits per heavy atom. The van der Waals surface area contributed by atoms with E-state index in [1.54, 1.807) is 19.2 Å². The first-order valence-electron chi connectivity index (χ1n) is 9.96. The van der Waals surface area contributed by atoms with E-state index in [4.69, 9.17) is 4.74 Å². The lowest BCUT2D eigenvalue weighted by Gasteiger charge is -2.36. The molecule has 0 radical (unpaired) electrons.